The summed E-state index contributed by atoms with van der Waals surface area (Å²) >= 11 is 0. The van der Waals surface area contributed by atoms with E-state index in [1.54, 1.807) is 11.7 Å². The van der Waals surface area contributed by atoms with Crippen LogP contribution in [0.2, 0.25) is 0 Å². The maximum absolute atomic E-state index is 11.3. The Morgan fingerprint density at radius 2 is 2.05 bits per heavy atom. The maximum atomic E-state index is 11.3. The van der Waals surface area contributed by atoms with Crippen molar-refractivity contribution in [2.24, 2.45) is 7.05 Å². The minimum atomic E-state index is -0.358. The molecule has 0 spiro atoms. The molecule has 21 heavy (non-hydrogen) atoms. The van der Waals surface area contributed by atoms with Crippen LogP contribution in [0.25, 0.3) is 0 Å². The summed E-state index contributed by atoms with van der Waals surface area (Å²) in [6, 6.07) is 10.1. The van der Waals surface area contributed by atoms with E-state index in [0.717, 1.165) is 6.42 Å². The van der Waals surface area contributed by atoms with E-state index in [4.69, 9.17) is 0 Å². The summed E-state index contributed by atoms with van der Waals surface area (Å²) in [5.41, 5.74) is 1.79. The van der Waals surface area contributed by atoms with Gasteiger partial charge in [0.05, 0.1) is 4.92 Å². The number of anilines is 1. The van der Waals surface area contributed by atoms with Crippen LogP contribution in [0.15, 0.2) is 30.3 Å². The highest BCUT2D eigenvalue weighted by Gasteiger charge is 2.26. The summed E-state index contributed by atoms with van der Waals surface area (Å²) in [5.74, 6) is 0.472. The molecule has 1 heterocycles. The van der Waals surface area contributed by atoms with Gasteiger partial charge in [-0.15, -0.1) is 0 Å². The normalized spacial score (nSPS) is 12.1. The summed E-state index contributed by atoms with van der Waals surface area (Å²) in [7, 11) is 1.73. The van der Waals surface area contributed by atoms with Crippen molar-refractivity contribution in [3.63, 3.8) is 0 Å². The average Bonchev–Trinajstić information content (AvgIpc) is 2.76. The molecule has 112 valence electrons. The van der Waals surface area contributed by atoms with Gasteiger partial charge in [-0.25, -0.2) is 4.68 Å². The van der Waals surface area contributed by atoms with E-state index in [0.29, 0.717) is 17.9 Å². The lowest BCUT2D eigenvalue weighted by atomic mass is 10.1. The molecule has 0 saturated heterocycles. The van der Waals surface area contributed by atoms with Gasteiger partial charge in [-0.3, -0.25) is 10.1 Å². The summed E-state index contributed by atoms with van der Waals surface area (Å²) in [6.07, 6.45) is 1.34. The van der Waals surface area contributed by atoms with E-state index < -0.39 is 0 Å². The monoisotopic (exact) mass is 288 g/mol. The van der Waals surface area contributed by atoms with Crippen molar-refractivity contribution in [1.29, 1.82) is 0 Å². The molecule has 0 bridgehead atoms. The van der Waals surface area contributed by atoms with Crippen LogP contribution in [0.3, 0.4) is 0 Å². The van der Waals surface area contributed by atoms with Crippen molar-refractivity contribution >= 4 is 11.5 Å². The zero-order valence-electron chi connectivity index (χ0n) is 12.5. The fourth-order valence-electron chi connectivity index (χ4n) is 2.41. The number of nitro groups is 1. The van der Waals surface area contributed by atoms with E-state index in [1.807, 2.05) is 44.2 Å². The molecule has 0 radical (unpaired) electrons. The molecule has 0 aliphatic carbocycles. The lowest BCUT2D eigenvalue weighted by molar-refractivity contribution is -0.384. The molecule has 6 heteroatoms. The minimum absolute atomic E-state index is 0.0752. The second-order valence-electron chi connectivity index (χ2n) is 5.11. The Kier molecular flexibility index (Phi) is 4.57. The van der Waals surface area contributed by atoms with Crippen LogP contribution in [0.5, 0.6) is 0 Å². The Bertz CT molecular complexity index is 622. The minimum Gasteiger partial charge on any atom is -0.362 e. The molecule has 0 fully saturated rings. The molecule has 1 unspecified atom stereocenters. The maximum Gasteiger partial charge on any atom is 0.333 e. The number of hydrogen-bond donors (Lipinski definition) is 1. The average molecular weight is 288 g/mol. The first-order valence-electron chi connectivity index (χ1n) is 7.03. The van der Waals surface area contributed by atoms with Crippen molar-refractivity contribution in [3.05, 3.63) is 51.7 Å². The van der Waals surface area contributed by atoms with E-state index in [9.17, 15) is 10.1 Å². The van der Waals surface area contributed by atoms with Crippen molar-refractivity contribution in [2.75, 3.05) is 5.32 Å². The Hall–Kier alpha value is -2.37. The molecule has 0 aliphatic rings. The summed E-state index contributed by atoms with van der Waals surface area (Å²) in [6.45, 7) is 3.88. The highest BCUT2D eigenvalue weighted by Crippen LogP contribution is 2.29. The SMILES string of the molecule is CCc1nn(C)c(NC(C)Cc2ccccc2)c1[N+](=O)[O-]. The van der Waals surface area contributed by atoms with Gasteiger partial charge in [-0.1, -0.05) is 37.3 Å². The summed E-state index contributed by atoms with van der Waals surface area (Å²) in [4.78, 5) is 10.9. The third-order valence-electron chi connectivity index (χ3n) is 3.38. The van der Waals surface area contributed by atoms with Crippen LogP contribution in [-0.2, 0) is 19.9 Å². The van der Waals surface area contributed by atoms with Crippen LogP contribution in [0.4, 0.5) is 11.5 Å². The standard InChI is InChI=1S/C15H20N4O2/c1-4-13-14(19(20)21)15(18(3)17-13)16-11(2)10-12-8-6-5-7-9-12/h5-9,11,16H,4,10H2,1-3H3. The Morgan fingerprint density at radius 1 is 1.38 bits per heavy atom. The topological polar surface area (TPSA) is 73.0 Å². The predicted molar refractivity (Wildman–Crippen MR) is 82.5 cm³/mol. The number of nitrogens with one attached hydrogen (secondary N) is 1. The Labute approximate surface area is 123 Å². The molecule has 1 aromatic heterocycles. The number of nitrogens with zero attached hydrogens (tertiary/aromatic N) is 3. The summed E-state index contributed by atoms with van der Waals surface area (Å²) < 4.78 is 1.55. The quantitative estimate of drug-likeness (QED) is 0.655. The zero-order valence-corrected chi connectivity index (χ0v) is 12.5. The third-order valence-corrected chi connectivity index (χ3v) is 3.38. The molecule has 1 N–H and O–H groups in total. The van der Waals surface area contributed by atoms with Gasteiger partial charge >= 0.3 is 5.69 Å². The Morgan fingerprint density at radius 3 is 2.62 bits per heavy atom. The number of benzene rings is 1. The van der Waals surface area contributed by atoms with Gasteiger partial charge in [0, 0.05) is 13.1 Å². The predicted octanol–water partition coefficient (Wildman–Crippen LogP) is 2.93. The smallest absolute Gasteiger partial charge is 0.333 e. The van der Waals surface area contributed by atoms with E-state index in [-0.39, 0.29) is 16.7 Å². The molecule has 0 aliphatic heterocycles. The third kappa shape index (κ3) is 3.39. The molecule has 1 aromatic carbocycles. The van der Waals surface area contributed by atoms with Crippen LogP contribution >= 0.6 is 0 Å². The van der Waals surface area contributed by atoms with Gasteiger partial charge in [-0.2, -0.15) is 5.10 Å². The van der Waals surface area contributed by atoms with Crippen molar-refractivity contribution in [2.45, 2.75) is 32.7 Å². The molecular weight excluding hydrogens is 268 g/mol. The molecule has 1 atom stereocenters. The molecule has 2 aromatic rings. The highest BCUT2D eigenvalue weighted by atomic mass is 16.6. The molecule has 0 saturated carbocycles. The first-order chi connectivity index (χ1) is 10.0. The van der Waals surface area contributed by atoms with E-state index in [1.165, 1.54) is 5.56 Å². The van der Waals surface area contributed by atoms with Crippen LogP contribution in [0, 0.1) is 10.1 Å². The second-order valence-corrected chi connectivity index (χ2v) is 5.11. The lowest BCUT2D eigenvalue weighted by Gasteiger charge is -2.14. The zero-order chi connectivity index (χ0) is 15.4. The fraction of sp³-hybridized carbons (Fsp3) is 0.400. The molecular formula is C15H20N4O2. The molecule has 0 amide bonds. The van der Waals surface area contributed by atoms with Gasteiger partial charge in [-0.05, 0) is 25.3 Å². The highest BCUT2D eigenvalue weighted by molar-refractivity contribution is 5.60. The van der Waals surface area contributed by atoms with Gasteiger partial charge in [0.25, 0.3) is 0 Å². The van der Waals surface area contributed by atoms with E-state index >= 15 is 0 Å². The van der Waals surface area contributed by atoms with Gasteiger partial charge in [0.15, 0.2) is 0 Å². The summed E-state index contributed by atoms with van der Waals surface area (Å²) in [5, 5.41) is 18.7. The Balaban J connectivity index is 2.19. The van der Waals surface area contributed by atoms with Crippen LogP contribution in [-0.4, -0.2) is 20.7 Å². The molecule has 2 rings (SSSR count). The van der Waals surface area contributed by atoms with Crippen molar-refractivity contribution < 1.29 is 4.92 Å². The number of rotatable bonds is 6. The van der Waals surface area contributed by atoms with Crippen molar-refractivity contribution in [3.8, 4) is 0 Å². The van der Waals surface area contributed by atoms with Crippen LogP contribution < -0.4 is 5.32 Å². The lowest BCUT2D eigenvalue weighted by Crippen LogP contribution is -2.20. The number of hydrogen-bond acceptors (Lipinski definition) is 4. The van der Waals surface area contributed by atoms with E-state index in [2.05, 4.69) is 10.4 Å². The van der Waals surface area contributed by atoms with Gasteiger partial charge in [0.2, 0.25) is 5.82 Å². The van der Waals surface area contributed by atoms with Gasteiger partial charge in [0.1, 0.15) is 5.69 Å². The second kappa shape index (κ2) is 6.39. The van der Waals surface area contributed by atoms with Crippen molar-refractivity contribution in [1.82, 2.24) is 9.78 Å². The fourth-order valence-corrected chi connectivity index (χ4v) is 2.41. The van der Waals surface area contributed by atoms with Crippen LogP contribution in [0.1, 0.15) is 25.1 Å². The largest absolute Gasteiger partial charge is 0.362 e. The molecule has 6 nitrogen and oxygen atoms in total. The first-order valence-corrected chi connectivity index (χ1v) is 7.03. The number of aromatic nitrogens is 2. The van der Waals surface area contributed by atoms with Gasteiger partial charge < -0.3 is 5.32 Å². The first kappa shape index (κ1) is 15.0. The number of aryl methyl sites for hydroxylation is 2.